The average molecular weight is 291 g/mol. The maximum Gasteiger partial charge on any atom is 0.258 e. The highest BCUT2D eigenvalue weighted by Crippen LogP contribution is 2.20. The van der Waals surface area contributed by atoms with Crippen molar-refractivity contribution >= 4 is 17.4 Å². The lowest BCUT2D eigenvalue weighted by atomic mass is 10.0. The molecule has 1 N–H and O–H groups in total. The van der Waals surface area contributed by atoms with Crippen molar-refractivity contribution in [1.82, 2.24) is 0 Å². The van der Waals surface area contributed by atoms with Crippen LogP contribution in [0.1, 0.15) is 26.3 Å². The van der Waals surface area contributed by atoms with E-state index in [-0.39, 0.29) is 11.7 Å². The molecule has 0 fully saturated rings. The van der Waals surface area contributed by atoms with E-state index in [0.717, 1.165) is 0 Å². The van der Waals surface area contributed by atoms with Crippen LogP contribution in [0.4, 0.5) is 5.69 Å². The van der Waals surface area contributed by atoms with E-state index in [9.17, 15) is 9.59 Å². The third kappa shape index (κ3) is 2.81. The first-order valence-electron chi connectivity index (χ1n) is 6.78. The van der Waals surface area contributed by atoms with Gasteiger partial charge in [0, 0.05) is 11.1 Å². The van der Waals surface area contributed by atoms with E-state index in [2.05, 4.69) is 5.32 Å². The van der Waals surface area contributed by atoms with E-state index in [1.807, 2.05) is 6.07 Å². The summed E-state index contributed by atoms with van der Waals surface area (Å²) in [5.74, 6) is -0.453. The third-order valence-corrected chi connectivity index (χ3v) is 3.24. The number of anilines is 1. The molecule has 1 heterocycles. The topological polar surface area (TPSA) is 59.3 Å². The Balaban J connectivity index is 1.90. The van der Waals surface area contributed by atoms with Crippen LogP contribution in [-0.2, 0) is 0 Å². The molecule has 0 unspecified atom stereocenters. The number of hydrogen-bond acceptors (Lipinski definition) is 3. The lowest BCUT2D eigenvalue weighted by molar-refractivity contribution is 0.102. The van der Waals surface area contributed by atoms with Crippen molar-refractivity contribution in [1.29, 1.82) is 0 Å². The van der Waals surface area contributed by atoms with E-state index in [1.54, 1.807) is 54.6 Å². The highest BCUT2D eigenvalue weighted by atomic mass is 16.3. The highest BCUT2D eigenvalue weighted by molar-refractivity contribution is 6.15. The van der Waals surface area contributed by atoms with E-state index in [0.29, 0.717) is 22.4 Å². The number of carbonyl (C=O) groups excluding carboxylic acids is 2. The molecule has 0 spiro atoms. The predicted molar refractivity (Wildman–Crippen MR) is 83.0 cm³/mol. The fourth-order valence-electron chi connectivity index (χ4n) is 2.12. The summed E-state index contributed by atoms with van der Waals surface area (Å²) in [5, 5.41) is 2.74. The summed E-state index contributed by atoms with van der Waals surface area (Å²) in [5.41, 5.74) is 1.91. The standard InChI is InChI=1S/C18H13NO3/c20-17(13-6-2-1-3-7-13)15-8-4-5-9-16(15)19-18(21)14-10-11-22-12-14/h1-12H,(H,19,21). The second-order valence-electron chi connectivity index (χ2n) is 4.71. The van der Waals surface area contributed by atoms with Crippen LogP contribution in [0, 0.1) is 0 Å². The van der Waals surface area contributed by atoms with Gasteiger partial charge in [-0.3, -0.25) is 9.59 Å². The van der Waals surface area contributed by atoms with Crippen LogP contribution in [0.2, 0.25) is 0 Å². The Morgan fingerprint density at radius 3 is 2.27 bits per heavy atom. The van der Waals surface area contributed by atoms with Gasteiger partial charge in [-0.05, 0) is 18.2 Å². The Morgan fingerprint density at radius 2 is 1.55 bits per heavy atom. The van der Waals surface area contributed by atoms with Crippen LogP contribution in [-0.4, -0.2) is 11.7 Å². The van der Waals surface area contributed by atoms with Gasteiger partial charge in [-0.15, -0.1) is 0 Å². The average Bonchev–Trinajstić information content (AvgIpc) is 3.10. The molecule has 3 aromatic rings. The van der Waals surface area contributed by atoms with Crippen molar-refractivity contribution in [2.24, 2.45) is 0 Å². The number of nitrogens with one attached hydrogen (secondary N) is 1. The summed E-state index contributed by atoms with van der Waals surface area (Å²) in [6.07, 6.45) is 2.78. The second kappa shape index (κ2) is 6.10. The number of benzene rings is 2. The maximum absolute atomic E-state index is 12.6. The van der Waals surface area contributed by atoms with Crippen molar-refractivity contribution < 1.29 is 14.0 Å². The number of rotatable bonds is 4. The van der Waals surface area contributed by atoms with Gasteiger partial charge in [0.15, 0.2) is 5.78 Å². The van der Waals surface area contributed by atoms with Crippen molar-refractivity contribution in [2.75, 3.05) is 5.32 Å². The van der Waals surface area contributed by atoms with Gasteiger partial charge >= 0.3 is 0 Å². The largest absolute Gasteiger partial charge is 0.472 e. The van der Waals surface area contributed by atoms with E-state index in [4.69, 9.17) is 4.42 Å². The molecule has 22 heavy (non-hydrogen) atoms. The molecule has 0 bridgehead atoms. The van der Waals surface area contributed by atoms with Gasteiger partial charge in [0.2, 0.25) is 0 Å². The van der Waals surface area contributed by atoms with Crippen molar-refractivity contribution in [3.05, 3.63) is 89.9 Å². The molecule has 3 rings (SSSR count). The minimum Gasteiger partial charge on any atom is -0.472 e. The van der Waals surface area contributed by atoms with Gasteiger partial charge in [0.1, 0.15) is 6.26 Å². The number of para-hydroxylation sites is 1. The number of furan rings is 1. The fourth-order valence-corrected chi connectivity index (χ4v) is 2.12. The molecule has 0 atom stereocenters. The van der Waals surface area contributed by atoms with Crippen LogP contribution in [0.25, 0.3) is 0 Å². The van der Waals surface area contributed by atoms with Gasteiger partial charge in [0.05, 0.1) is 17.5 Å². The minimum atomic E-state index is -0.318. The van der Waals surface area contributed by atoms with Crippen LogP contribution in [0.15, 0.2) is 77.6 Å². The first kappa shape index (κ1) is 13.8. The fraction of sp³-hybridized carbons (Fsp3) is 0. The number of ketones is 1. The van der Waals surface area contributed by atoms with Gasteiger partial charge < -0.3 is 9.73 Å². The molecule has 0 saturated heterocycles. The molecule has 0 aliphatic heterocycles. The normalized spacial score (nSPS) is 10.2. The monoisotopic (exact) mass is 291 g/mol. The quantitative estimate of drug-likeness (QED) is 0.744. The van der Waals surface area contributed by atoms with Crippen molar-refractivity contribution in [3.63, 3.8) is 0 Å². The molecule has 0 aliphatic rings. The summed E-state index contributed by atoms with van der Waals surface area (Å²) in [6, 6.07) is 17.5. The molecule has 4 heteroatoms. The molecule has 0 saturated carbocycles. The lowest BCUT2D eigenvalue weighted by Crippen LogP contribution is -2.14. The molecular weight excluding hydrogens is 278 g/mol. The molecule has 2 aromatic carbocycles. The molecule has 4 nitrogen and oxygen atoms in total. The summed E-state index contributed by atoms with van der Waals surface area (Å²) >= 11 is 0. The number of carbonyl (C=O) groups is 2. The maximum atomic E-state index is 12.6. The Labute approximate surface area is 127 Å². The molecule has 108 valence electrons. The molecule has 0 aliphatic carbocycles. The van der Waals surface area contributed by atoms with Crippen molar-refractivity contribution in [3.8, 4) is 0 Å². The summed E-state index contributed by atoms with van der Waals surface area (Å²) in [7, 11) is 0. The first-order valence-corrected chi connectivity index (χ1v) is 6.78. The first-order chi connectivity index (χ1) is 10.8. The Bertz CT molecular complexity index is 792. The van der Waals surface area contributed by atoms with E-state index >= 15 is 0 Å². The molecule has 0 radical (unpaired) electrons. The summed E-state index contributed by atoms with van der Waals surface area (Å²) < 4.78 is 4.89. The Kier molecular flexibility index (Phi) is 3.83. The summed E-state index contributed by atoms with van der Waals surface area (Å²) in [6.45, 7) is 0. The van der Waals surface area contributed by atoms with Gasteiger partial charge in [-0.25, -0.2) is 0 Å². The molecular formula is C18H13NO3. The zero-order valence-corrected chi connectivity index (χ0v) is 11.7. The minimum absolute atomic E-state index is 0.135. The highest BCUT2D eigenvalue weighted by Gasteiger charge is 2.15. The van der Waals surface area contributed by atoms with Gasteiger partial charge in [0.25, 0.3) is 5.91 Å². The SMILES string of the molecule is O=C(Nc1ccccc1C(=O)c1ccccc1)c1ccoc1. The third-order valence-electron chi connectivity index (χ3n) is 3.24. The zero-order chi connectivity index (χ0) is 15.4. The predicted octanol–water partition coefficient (Wildman–Crippen LogP) is 3.76. The Hall–Kier alpha value is -3.14. The van der Waals surface area contributed by atoms with Crippen LogP contribution in [0.5, 0.6) is 0 Å². The lowest BCUT2D eigenvalue weighted by Gasteiger charge is -2.09. The van der Waals surface area contributed by atoms with Crippen molar-refractivity contribution in [2.45, 2.75) is 0 Å². The number of amides is 1. The number of hydrogen-bond donors (Lipinski definition) is 1. The zero-order valence-electron chi connectivity index (χ0n) is 11.7. The van der Waals surface area contributed by atoms with Gasteiger partial charge in [-0.1, -0.05) is 42.5 Å². The Morgan fingerprint density at radius 1 is 0.818 bits per heavy atom. The molecule has 1 amide bonds. The smallest absolute Gasteiger partial charge is 0.258 e. The summed E-state index contributed by atoms with van der Waals surface area (Å²) in [4.78, 5) is 24.7. The van der Waals surface area contributed by atoms with Crippen LogP contribution < -0.4 is 5.32 Å². The van der Waals surface area contributed by atoms with E-state index < -0.39 is 0 Å². The van der Waals surface area contributed by atoms with Crippen LogP contribution >= 0.6 is 0 Å². The molecule has 1 aromatic heterocycles. The van der Waals surface area contributed by atoms with Gasteiger partial charge in [-0.2, -0.15) is 0 Å². The van der Waals surface area contributed by atoms with Crippen LogP contribution in [0.3, 0.4) is 0 Å². The van der Waals surface area contributed by atoms with E-state index in [1.165, 1.54) is 12.5 Å². The second-order valence-corrected chi connectivity index (χ2v) is 4.71.